The standard InChI is InChI=1S/C23H30N2O4/c1-5-6-13-29-19-10-8-18(9-11-19)23(27)24-15-22(26)25-17(3)20-14-16(2)7-12-21(20)28-4/h7-12,14,17H,5-6,13,15H2,1-4H3,(H,24,27)(H,25,26)/t17-/m0/s1. The quantitative estimate of drug-likeness (QED) is 0.597. The zero-order valence-electron chi connectivity index (χ0n) is 17.6. The van der Waals surface area contributed by atoms with E-state index in [0.717, 1.165) is 29.7 Å². The molecule has 0 saturated carbocycles. The predicted molar refractivity (Wildman–Crippen MR) is 113 cm³/mol. The van der Waals surface area contributed by atoms with Gasteiger partial charge in [-0.1, -0.05) is 31.0 Å². The monoisotopic (exact) mass is 398 g/mol. The summed E-state index contributed by atoms with van der Waals surface area (Å²) in [5, 5.41) is 5.53. The van der Waals surface area contributed by atoms with Gasteiger partial charge >= 0.3 is 0 Å². The normalized spacial score (nSPS) is 11.4. The molecule has 29 heavy (non-hydrogen) atoms. The number of carbonyl (C=O) groups is 2. The molecule has 0 aliphatic carbocycles. The van der Waals surface area contributed by atoms with Gasteiger partial charge in [0.2, 0.25) is 5.91 Å². The number of ether oxygens (including phenoxy) is 2. The van der Waals surface area contributed by atoms with Crippen LogP contribution in [0, 0.1) is 6.92 Å². The number of methoxy groups -OCH3 is 1. The summed E-state index contributed by atoms with van der Waals surface area (Å²) in [5.41, 5.74) is 2.46. The fourth-order valence-corrected chi connectivity index (χ4v) is 2.86. The van der Waals surface area contributed by atoms with E-state index in [9.17, 15) is 9.59 Å². The Balaban J connectivity index is 1.85. The maximum atomic E-state index is 12.3. The minimum atomic E-state index is -0.305. The molecule has 0 spiro atoms. The molecule has 0 heterocycles. The first-order chi connectivity index (χ1) is 13.9. The van der Waals surface area contributed by atoms with Crippen LogP contribution in [-0.2, 0) is 4.79 Å². The summed E-state index contributed by atoms with van der Waals surface area (Å²) in [7, 11) is 1.60. The first-order valence-electron chi connectivity index (χ1n) is 9.89. The topological polar surface area (TPSA) is 76.7 Å². The van der Waals surface area contributed by atoms with Crippen LogP contribution in [0.3, 0.4) is 0 Å². The lowest BCUT2D eigenvalue weighted by Gasteiger charge is -2.18. The summed E-state index contributed by atoms with van der Waals surface area (Å²) in [6, 6.07) is 12.5. The van der Waals surface area contributed by atoms with Crippen LogP contribution < -0.4 is 20.1 Å². The van der Waals surface area contributed by atoms with E-state index >= 15 is 0 Å². The minimum Gasteiger partial charge on any atom is -0.496 e. The fraction of sp³-hybridized carbons (Fsp3) is 0.391. The number of aryl methyl sites for hydroxylation is 1. The molecular weight excluding hydrogens is 368 g/mol. The highest BCUT2D eigenvalue weighted by Gasteiger charge is 2.15. The smallest absolute Gasteiger partial charge is 0.251 e. The van der Waals surface area contributed by atoms with Gasteiger partial charge in [-0.25, -0.2) is 0 Å². The van der Waals surface area contributed by atoms with Crippen LogP contribution in [0.25, 0.3) is 0 Å². The van der Waals surface area contributed by atoms with Crippen molar-refractivity contribution in [1.29, 1.82) is 0 Å². The average molecular weight is 399 g/mol. The first-order valence-corrected chi connectivity index (χ1v) is 9.89. The van der Waals surface area contributed by atoms with Gasteiger partial charge in [0.25, 0.3) is 5.91 Å². The molecule has 6 heteroatoms. The molecular formula is C23H30N2O4. The third-order valence-corrected chi connectivity index (χ3v) is 4.52. The van der Waals surface area contributed by atoms with Crippen LogP contribution in [0.5, 0.6) is 11.5 Å². The number of nitrogens with one attached hydrogen (secondary N) is 2. The lowest BCUT2D eigenvalue weighted by Crippen LogP contribution is -2.38. The van der Waals surface area contributed by atoms with Gasteiger partial charge < -0.3 is 20.1 Å². The number of unbranched alkanes of at least 4 members (excludes halogenated alkanes) is 1. The molecule has 1 atom stereocenters. The van der Waals surface area contributed by atoms with E-state index in [4.69, 9.17) is 9.47 Å². The van der Waals surface area contributed by atoms with Gasteiger partial charge in [0.15, 0.2) is 0 Å². The number of hydrogen-bond acceptors (Lipinski definition) is 4. The Labute approximate surface area is 172 Å². The van der Waals surface area contributed by atoms with Crippen LogP contribution in [0.2, 0.25) is 0 Å². The van der Waals surface area contributed by atoms with Crippen LogP contribution in [0.4, 0.5) is 0 Å². The number of benzene rings is 2. The fourth-order valence-electron chi connectivity index (χ4n) is 2.86. The molecule has 0 saturated heterocycles. The maximum Gasteiger partial charge on any atom is 0.251 e. The van der Waals surface area contributed by atoms with Crippen LogP contribution in [-0.4, -0.2) is 32.1 Å². The molecule has 6 nitrogen and oxygen atoms in total. The van der Waals surface area contributed by atoms with Gasteiger partial charge in [-0.05, 0) is 50.6 Å². The zero-order valence-corrected chi connectivity index (χ0v) is 17.6. The van der Waals surface area contributed by atoms with Gasteiger partial charge in [-0.3, -0.25) is 9.59 Å². The second kappa shape index (κ2) is 11.1. The first kappa shape index (κ1) is 22.3. The Morgan fingerprint density at radius 1 is 1.10 bits per heavy atom. The van der Waals surface area contributed by atoms with Gasteiger partial charge in [0.1, 0.15) is 11.5 Å². The maximum absolute atomic E-state index is 12.3. The third-order valence-electron chi connectivity index (χ3n) is 4.52. The SMILES string of the molecule is CCCCOc1ccc(C(=O)NCC(=O)N[C@@H](C)c2cc(C)ccc2OC)cc1. The molecule has 0 radical (unpaired) electrons. The van der Waals surface area contributed by atoms with Crippen LogP contribution in [0.15, 0.2) is 42.5 Å². The van der Waals surface area contributed by atoms with Crippen molar-refractivity contribution in [3.8, 4) is 11.5 Å². The van der Waals surface area contributed by atoms with Gasteiger partial charge in [0, 0.05) is 11.1 Å². The molecule has 0 bridgehead atoms. The van der Waals surface area contributed by atoms with Crippen molar-refractivity contribution in [3.63, 3.8) is 0 Å². The van der Waals surface area contributed by atoms with Crippen LogP contribution in [0.1, 0.15) is 54.2 Å². The van der Waals surface area contributed by atoms with Crippen molar-refractivity contribution in [2.45, 2.75) is 39.7 Å². The van der Waals surface area contributed by atoms with E-state index in [-0.39, 0.29) is 24.4 Å². The largest absolute Gasteiger partial charge is 0.496 e. The van der Waals surface area contributed by atoms with Gasteiger partial charge in [-0.15, -0.1) is 0 Å². The molecule has 0 aliphatic heterocycles. The van der Waals surface area contributed by atoms with Crippen molar-refractivity contribution in [1.82, 2.24) is 10.6 Å². The summed E-state index contributed by atoms with van der Waals surface area (Å²) in [6.07, 6.45) is 2.06. The van der Waals surface area contributed by atoms with Crippen molar-refractivity contribution < 1.29 is 19.1 Å². The molecule has 0 unspecified atom stereocenters. The highest BCUT2D eigenvalue weighted by molar-refractivity contribution is 5.96. The Kier molecular flexibility index (Phi) is 8.52. The molecule has 2 N–H and O–H groups in total. The highest BCUT2D eigenvalue weighted by atomic mass is 16.5. The number of hydrogen-bond donors (Lipinski definition) is 2. The Bertz CT molecular complexity index is 818. The Hall–Kier alpha value is -3.02. The molecule has 2 aromatic carbocycles. The molecule has 0 fully saturated rings. The van der Waals surface area contributed by atoms with E-state index in [2.05, 4.69) is 17.6 Å². The summed E-state index contributed by atoms with van der Waals surface area (Å²) in [6.45, 7) is 6.52. The number of rotatable bonds is 10. The van der Waals surface area contributed by atoms with E-state index in [1.807, 2.05) is 32.0 Å². The third kappa shape index (κ3) is 6.82. The predicted octanol–water partition coefficient (Wildman–Crippen LogP) is 3.79. The molecule has 0 aromatic heterocycles. The second-order valence-corrected chi connectivity index (χ2v) is 6.94. The summed E-state index contributed by atoms with van der Waals surface area (Å²) in [5.74, 6) is 0.873. The average Bonchev–Trinajstić information content (AvgIpc) is 2.72. The summed E-state index contributed by atoms with van der Waals surface area (Å²) >= 11 is 0. The minimum absolute atomic E-state index is 0.105. The molecule has 0 aliphatic rings. The van der Waals surface area contributed by atoms with Crippen molar-refractivity contribution >= 4 is 11.8 Å². The molecule has 2 amide bonds. The van der Waals surface area contributed by atoms with Crippen molar-refractivity contribution in [3.05, 3.63) is 59.2 Å². The van der Waals surface area contributed by atoms with Crippen molar-refractivity contribution in [2.24, 2.45) is 0 Å². The molecule has 156 valence electrons. The van der Waals surface area contributed by atoms with Crippen LogP contribution >= 0.6 is 0 Å². The van der Waals surface area contributed by atoms with E-state index in [1.165, 1.54) is 0 Å². The van der Waals surface area contributed by atoms with Crippen molar-refractivity contribution in [2.75, 3.05) is 20.3 Å². The van der Waals surface area contributed by atoms with Gasteiger partial charge in [0.05, 0.1) is 26.3 Å². The highest BCUT2D eigenvalue weighted by Crippen LogP contribution is 2.25. The zero-order chi connectivity index (χ0) is 21.2. The molecule has 2 rings (SSSR count). The van der Waals surface area contributed by atoms with E-state index in [0.29, 0.717) is 17.9 Å². The van der Waals surface area contributed by atoms with Gasteiger partial charge in [-0.2, -0.15) is 0 Å². The number of amides is 2. The van der Waals surface area contributed by atoms with E-state index < -0.39 is 0 Å². The summed E-state index contributed by atoms with van der Waals surface area (Å²) < 4.78 is 11.0. The lowest BCUT2D eigenvalue weighted by molar-refractivity contribution is -0.120. The lowest BCUT2D eigenvalue weighted by atomic mass is 10.0. The molecule has 2 aromatic rings. The number of carbonyl (C=O) groups excluding carboxylic acids is 2. The second-order valence-electron chi connectivity index (χ2n) is 6.94. The Morgan fingerprint density at radius 3 is 2.48 bits per heavy atom. The Morgan fingerprint density at radius 2 is 1.83 bits per heavy atom. The van der Waals surface area contributed by atoms with E-state index in [1.54, 1.807) is 31.4 Å². The summed E-state index contributed by atoms with van der Waals surface area (Å²) in [4.78, 5) is 24.5.